The predicted molar refractivity (Wildman–Crippen MR) is 301 cm³/mol. The molecule has 0 radical (unpaired) electrons. The molecule has 442 valence electrons. The first-order valence-corrected chi connectivity index (χ1v) is 27.7. The molecule has 81 heavy (non-hydrogen) atoms. The van der Waals surface area contributed by atoms with Crippen molar-refractivity contribution in [2.45, 2.75) is 134 Å². The van der Waals surface area contributed by atoms with Crippen molar-refractivity contribution >= 4 is 17.7 Å². The van der Waals surface area contributed by atoms with Crippen LogP contribution in [0, 0.1) is 0 Å². The third-order valence-corrected chi connectivity index (χ3v) is 14.4. The van der Waals surface area contributed by atoms with E-state index >= 15 is 26.3 Å². The van der Waals surface area contributed by atoms with Crippen LogP contribution in [0.25, 0.3) is 0 Å². The number of hydrogen-bond acceptors (Lipinski definition) is 9. The molecule has 5 aromatic carbocycles. The van der Waals surface area contributed by atoms with Gasteiger partial charge in [-0.3, -0.25) is 14.4 Å². The summed E-state index contributed by atoms with van der Waals surface area (Å²) in [6, 6.07) is 21.0. The Morgan fingerprint density at radius 1 is 0.432 bits per heavy atom. The topological polar surface area (TPSA) is 143 Å². The number of hydrogen-bond donors (Lipinski definition) is 3. The van der Waals surface area contributed by atoms with E-state index in [1.54, 1.807) is 18.2 Å². The fourth-order valence-corrected chi connectivity index (χ4v) is 9.83. The van der Waals surface area contributed by atoms with Gasteiger partial charge in [-0.1, -0.05) is 127 Å². The lowest BCUT2D eigenvalue weighted by atomic mass is 9.79. The van der Waals surface area contributed by atoms with Crippen molar-refractivity contribution in [2.24, 2.45) is 0 Å². The number of amides is 3. The van der Waals surface area contributed by atoms with E-state index in [9.17, 15) is 14.4 Å². The molecule has 3 N–H and O–H groups in total. The highest BCUT2D eigenvalue weighted by molar-refractivity contribution is 5.87. The molecule has 0 heterocycles. The first-order chi connectivity index (χ1) is 38.8. The van der Waals surface area contributed by atoms with Crippen LogP contribution in [0.15, 0.2) is 91.0 Å². The molecule has 5 aromatic rings. The van der Waals surface area contributed by atoms with Crippen LogP contribution >= 0.6 is 0 Å². The van der Waals surface area contributed by atoms with Gasteiger partial charge in [0.05, 0.1) is 48.6 Å². The number of ether oxygens (including phenoxy) is 6. The Morgan fingerprint density at radius 3 is 1.30 bits per heavy atom. The number of rotatable bonds is 34. The highest BCUT2D eigenvalue weighted by atomic mass is 19.3. The predicted octanol–water partition coefficient (Wildman–Crippen LogP) is 13.5. The number of carbonyl (C=O) groups excluding carboxylic acids is 3. The zero-order chi connectivity index (χ0) is 59.3. The first-order valence-electron chi connectivity index (χ1n) is 27.7. The van der Waals surface area contributed by atoms with Crippen LogP contribution in [0.5, 0.6) is 34.5 Å². The van der Waals surface area contributed by atoms with Gasteiger partial charge in [0.2, 0.25) is 0 Å². The van der Waals surface area contributed by atoms with Gasteiger partial charge in [0.15, 0.2) is 0 Å². The van der Waals surface area contributed by atoms with Gasteiger partial charge in [0.1, 0.15) is 34.5 Å². The maximum absolute atomic E-state index is 17.8. The van der Waals surface area contributed by atoms with E-state index in [1.807, 2.05) is 20.8 Å². The molecular formula is C63H79F6N3O9. The number of benzene rings is 5. The molecule has 12 nitrogen and oxygen atoms in total. The maximum Gasteiger partial charge on any atom is 0.349 e. The number of methoxy groups -OCH3 is 6. The summed E-state index contributed by atoms with van der Waals surface area (Å²) in [6.45, 7) is 6.22. The van der Waals surface area contributed by atoms with Crippen molar-refractivity contribution in [2.75, 3.05) is 62.3 Å². The molecule has 18 heteroatoms. The van der Waals surface area contributed by atoms with E-state index in [2.05, 4.69) is 16.0 Å². The van der Waals surface area contributed by atoms with E-state index in [1.165, 1.54) is 91.2 Å². The minimum Gasteiger partial charge on any atom is -0.497 e. The summed E-state index contributed by atoms with van der Waals surface area (Å²) >= 11 is 0. The quantitative estimate of drug-likeness (QED) is 0.0208. The molecule has 0 aliphatic carbocycles. The standard InChI is InChI=1S/C63H79F6N3O9/c1-10-13-16-19-32-70-58(73)61(64,65)44-26-22-41(23-27-44)35-43-36-53(79-7)49(39-52(43)78-6)57(63(68,69)60(75)72-34-21-18-15-12-3)50-40-54(80-8)48(38-55(50)81-9)56(47-37-46(76-4)30-31-51(47)77-5)42-24-28-45(29-25-42)62(66,67)59(74)71-33-20-17-14-11-2/h22-31,36-40,56-57H,10-21,32-35H2,1-9H3,(H,70,73)(H,71,74)(H,72,75). The monoisotopic (exact) mass is 1140 g/mol. The van der Waals surface area contributed by atoms with Gasteiger partial charge in [0.25, 0.3) is 17.7 Å². The van der Waals surface area contributed by atoms with Crippen molar-refractivity contribution in [1.82, 2.24) is 16.0 Å². The van der Waals surface area contributed by atoms with Crippen LogP contribution < -0.4 is 44.4 Å². The number of unbranched alkanes of at least 4 members (excludes halogenated alkanes) is 9. The van der Waals surface area contributed by atoms with Gasteiger partial charge >= 0.3 is 17.8 Å². The van der Waals surface area contributed by atoms with Crippen LogP contribution in [0.2, 0.25) is 0 Å². The molecule has 0 aliphatic rings. The third-order valence-electron chi connectivity index (χ3n) is 14.4. The highest BCUT2D eigenvalue weighted by Crippen LogP contribution is 2.52. The van der Waals surface area contributed by atoms with Crippen LogP contribution in [0.4, 0.5) is 26.3 Å². The van der Waals surface area contributed by atoms with Crippen molar-refractivity contribution in [1.29, 1.82) is 0 Å². The second kappa shape index (κ2) is 30.6. The summed E-state index contributed by atoms with van der Waals surface area (Å²) in [5, 5.41) is 7.12. The van der Waals surface area contributed by atoms with Gasteiger partial charge < -0.3 is 44.4 Å². The molecule has 0 aromatic heterocycles. The van der Waals surface area contributed by atoms with Crippen molar-refractivity contribution in [3.63, 3.8) is 0 Å². The Balaban J connectivity index is 1.67. The SMILES string of the molecule is CCCCCCNC(=O)C(F)(F)c1ccc(Cc2cc(OC)c(C(c3cc(OC)c(C(c4ccc(C(F)(F)C(=O)NCCCCCC)cc4)c4cc(OC)ccc4OC)cc3OC)C(F)(F)C(=O)NCCCCCC)cc2OC)cc1. The minimum absolute atomic E-state index is 0.0133. The van der Waals surface area contributed by atoms with Crippen LogP contribution in [-0.2, 0) is 32.6 Å². The van der Waals surface area contributed by atoms with Crippen molar-refractivity contribution < 1.29 is 69.1 Å². The van der Waals surface area contributed by atoms with Crippen LogP contribution in [-0.4, -0.2) is 85.9 Å². The van der Waals surface area contributed by atoms with E-state index in [0.717, 1.165) is 75.6 Å². The molecular weight excluding hydrogens is 1060 g/mol. The summed E-state index contributed by atoms with van der Waals surface area (Å²) in [5.74, 6) is -18.9. The second-order valence-corrected chi connectivity index (χ2v) is 19.9. The zero-order valence-electron chi connectivity index (χ0n) is 48.1. The van der Waals surface area contributed by atoms with Gasteiger partial charge in [-0.05, 0) is 72.9 Å². The zero-order valence-corrected chi connectivity index (χ0v) is 48.1. The summed E-state index contributed by atoms with van der Waals surface area (Å²) in [6.07, 6.45) is 9.36. The Hall–Kier alpha value is -7.11. The number of halogens is 6. The Kier molecular flexibility index (Phi) is 24.5. The van der Waals surface area contributed by atoms with E-state index in [0.29, 0.717) is 65.0 Å². The highest BCUT2D eigenvalue weighted by Gasteiger charge is 2.52. The largest absolute Gasteiger partial charge is 0.497 e. The third kappa shape index (κ3) is 16.1. The molecule has 0 fully saturated rings. The average molecular weight is 1140 g/mol. The molecule has 0 saturated heterocycles. The molecule has 0 saturated carbocycles. The number of nitrogens with one attached hydrogen (secondary N) is 3. The summed E-state index contributed by atoms with van der Waals surface area (Å²) < 4.78 is 133. The number of alkyl halides is 6. The van der Waals surface area contributed by atoms with Crippen LogP contribution in [0.1, 0.15) is 160 Å². The Bertz CT molecular complexity index is 2830. The molecule has 0 spiro atoms. The molecule has 0 aliphatic heterocycles. The minimum atomic E-state index is -4.24. The Morgan fingerprint density at radius 2 is 0.840 bits per heavy atom. The lowest BCUT2D eigenvalue weighted by Crippen LogP contribution is -2.45. The van der Waals surface area contributed by atoms with Crippen LogP contribution in [0.3, 0.4) is 0 Å². The molecule has 0 bridgehead atoms. The summed E-state index contributed by atoms with van der Waals surface area (Å²) in [7, 11) is 8.11. The fraction of sp³-hybridized carbons (Fsp3) is 0.476. The molecule has 5 rings (SSSR count). The van der Waals surface area contributed by atoms with Gasteiger partial charge in [-0.25, -0.2) is 0 Å². The fourth-order valence-electron chi connectivity index (χ4n) is 9.83. The smallest absolute Gasteiger partial charge is 0.349 e. The van der Waals surface area contributed by atoms with Gasteiger partial charge in [-0.15, -0.1) is 0 Å². The van der Waals surface area contributed by atoms with E-state index in [-0.39, 0.29) is 60.2 Å². The van der Waals surface area contributed by atoms with E-state index < -0.39 is 58.5 Å². The normalized spacial score (nSPS) is 12.5. The lowest BCUT2D eigenvalue weighted by Gasteiger charge is -2.31. The van der Waals surface area contributed by atoms with Crippen molar-refractivity contribution in [3.8, 4) is 34.5 Å². The molecule has 2 atom stereocenters. The summed E-state index contributed by atoms with van der Waals surface area (Å²) in [4.78, 5) is 39.5. The lowest BCUT2D eigenvalue weighted by molar-refractivity contribution is -0.147. The number of carbonyl (C=O) groups is 3. The van der Waals surface area contributed by atoms with Crippen molar-refractivity contribution in [3.05, 3.63) is 141 Å². The summed E-state index contributed by atoms with van der Waals surface area (Å²) in [5.41, 5.74) is 0.566. The average Bonchev–Trinajstić information content (AvgIpc) is 3.58. The molecule has 2 unspecified atom stereocenters. The first kappa shape index (κ1) is 64.7. The van der Waals surface area contributed by atoms with Gasteiger partial charge in [-0.2, -0.15) is 26.3 Å². The Labute approximate surface area is 473 Å². The van der Waals surface area contributed by atoms with E-state index in [4.69, 9.17) is 28.4 Å². The second-order valence-electron chi connectivity index (χ2n) is 19.9. The maximum atomic E-state index is 17.8. The molecule has 3 amide bonds. The van der Waals surface area contributed by atoms with Gasteiger partial charge in [0, 0.05) is 70.9 Å².